The fourth-order valence-corrected chi connectivity index (χ4v) is 3.03. The van der Waals surface area contributed by atoms with Gasteiger partial charge in [0.25, 0.3) is 5.91 Å². The van der Waals surface area contributed by atoms with Crippen LogP contribution in [0.2, 0.25) is 0 Å². The normalized spacial score (nSPS) is 14.8. The highest BCUT2D eigenvalue weighted by Crippen LogP contribution is 2.18. The summed E-state index contributed by atoms with van der Waals surface area (Å²) in [5.74, 6) is -0.0179. The lowest BCUT2D eigenvalue weighted by atomic mass is 10.1. The summed E-state index contributed by atoms with van der Waals surface area (Å²) in [6.07, 6.45) is 0.940. The molecular formula is C21H28N4O. The summed E-state index contributed by atoms with van der Waals surface area (Å²) < 4.78 is 0. The van der Waals surface area contributed by atoms with Crippen molar-refractivity contribution in [2.75, 3.05) is 38.0 Å². The van der Waals surface area contributed by atoms with Crippen molar-refractivity contribution in [3.05, 3.63) is 59.7 Å². The molecule has 2 aromatic carbocycles. The molecule has 5 nitrogen and oxygen atoms in total. The Labute approximate surface area is 155 Å². The first-order valence-corrected chi connectivity index (χ1v) is 9.42. The van der Waals surface area contributed by atoms with Crippen LogP contribution < -0.4 is 16.0 Å². The molecule has 1 saturated heterocycles. The fourth-order valence-electron chi connectivity index (χ4n) is 3.03. The van der Waals surface area contributed by atoms with E-state index in [9.17, 15) is 4.79 Å². The van der Waals surface area contributed by atoms with Crippen molar-refractivity contribution in [1.82, 2.24) is 15.5 Å². The quantitative estimate of drug-likeness (QED) is 0.717. The predicted octanol–water partition coefficient (Wildman–Crippen LogP) is 2.98. The second kappa shape index (κ2) is 9.36. The highest BCUT2D eigenvalue weighted by molar-refractivity contribution is 5.94. The van der Waals surface area contributed by atoms with E-state index >= 15 is 0 Å². The molecule has 5 heteroatoms. The number of amides is 1. The Bertz CT molecular complexity index is 691. The Morgan fingerprint density at radius 1 is 1.00 bits per heavy atom. The molecule has 3 rings (SSSR count). The van der Waals surface area contributed by atoms with Gasteiger partial charge in [-0.2, -0.15) is 0 Å². The average Bonchev–Trinajstić information content (AvgIpc) is 2.69. The van der Waals surface area contributed by atoms with Crippen LogP contribution in [0.15, 0.2) is 48.5 Å². The van der Waals surface area contributed by atoms with Crippen LogP contribution in [0.5, 0.6) is 0 Å². The van der Waals surface area contributed by atoms with Gasteiger partial charge in [0.2, 0.25) is 0 Å². The van der Waals surface area contributed by atoms with Gasteiger partial charge in [-0.25, -0.2) is 0 Å². The van der Waals surface area contributed by atoms with Crippen LogP contribution in [0.3, 0.4) is 0 Å². The Morgan fingerprint density at radius 2 is 1.62 bits per heavy atom. The number of carbonyl (C=O) groups excluding carboxylic acids is 1. The Hall–Kier alpha value is -2.37. The molecule has 0 saturated carbocycles. The van der Waals surface area contributed by atoms with E-state index in [1.165, 1.54) is 5.56 Å². The first kappa shape index (κ1) is 18.4. The van der Waals surface area contributed by atoms with Gasteiger partial charge < -0.3 is 16.0 Å². The smallest absolute Gasteiger partial charge is 0.251 e. The third-order valence-corrected chi connectivity index (χ3v) is 4.54. The lowest BCUT2D eigenvalue weighted by Gasteiger charge is -2.27. The molecule has 0 bridgehead atoms. The number of nitrogens with one attached hydrogen (secondary N) is 3. The van der Waals surface area contributed by atoms with Gasteiger partial charge in [-0.05, 0) is 48.4 Å². The van der Waals surface area contributed by atoms with Crippen LogP contribution in [0.25, 0.3) is 0 Å². The Balaban J connectivity index is 1.54. The zero-order valence-electron chi connectivity index (χ0n) is 15.4. The van der Waals surface area contributed by atoms with Crippen molar-refractivity contribution in [3.63, 3.8) is 0 Å². The Kier molecular flexibility index (Phi) is 6.63. The number of rotatable bonds is 7. The maximum Gasteiger partial charge on any atom is 0.251 e. The summed E-state index contributed by atoms with van der Waals surface area (Å²) in [4.78, 5) is 14.4. The van der Waals surface area contributed by atoms with E-state index in [2.05, 4.69) is 45.1 Å². The summed E-state index contributed by atoms with van der Waals surface area (Å²) in [6, 6.07) is 16.2. The minimum atomic E-state index is -0.0179. The van der Waals surface area contributed by atoms with E-state index in [-0.39, 0.29) is 5.91 Å². The lowest BCUT2D eigenvalue weighted by molar-refractivity contribution is 0.0953. The van der Waals surface area contributed by atoms with Crippen LogP contribution >= 0.6 is 0 Å². The minimum Gasteiger partial charge on any atom is -0.356 e. The zero-order chi connectivity index (χ0) is 18.2. The molecule has 0 aliphatic carbocycles. The van der Waals surface area contributed by atoms with Gasteiger partial charge in [-0.1, -0.05) is 19.1 Å². The Morgan fingerprint density at radius 3 is 2.23 bits per heavy atom. The highest BCUT2D eigenvalue weighted by atomic mass is 16.1. The molecule has 0 atom stereocenters. The van der Waals surface area contributed by atoms with Crippen molar-refractivity contribution in [2.24, 2.45) is 0 Å². The number of hydrogen-bond donors (Lipinski definition) is 3. The van der Waals surface area contributed by atoms with Gasteiger partial charge in [-0.3, -0.25) is 9.69 Å². The lowest BCUT2D eigenvalue weighted by Crippen LogP contribution is -2.42. The molecule has 2 aromatic rings. The summed E-state index contributed by atoms with van der Waals surface area (Å²) >= 11 is 0. The first-order chi connectivity index (χ1) is 12.7. The summed E-state index contributed by atoms with van der Waals surface area (Å²) in [6.45, 7) is 8.12. The summed E-state index contributed by atoms with van der Waals surface area (Å²) in [5, 5.41) is 9.66. The van der Waals surface area contributed by atoms with Gasteiger partial charge in [0.05, 0.1) is 0 Å². The standard InChI is InChI=1S/C21H28N4O/c1-2-11-23-21(26)18-5-9-20(10-6-18)24-19-7-3-17(4-8-19)16-25-14-12-22-13-15-25/h3-10,22,24H,2,11-16H2,1H3,(H,23,26). The van der Waals surface area contributed by atoms with Crippen LogP contribution in [0, 0.1) is 0 Å². The third kappa shape index (κ3) is 5.31. The van der Waals surface area contributed by atoms with E-state index < -0.39 is 0 Å². The number of piperazine rings is 1. The van der Waals surface area contributed by atoms with E-state index in [0.29, 0.717) is 12.1 Å². The van der Waals surface area contributed by atoms with E-state index in [1.807, 2.05) is 31.2 Å². The van der Waals surface area contributed by atoms with Crippen molar-refractivity contribution in [2.45, 2.75) is 19.9 Å². The largest absolute Gasteiger partial charge is 0.356 e. The topological polar surface area (TPSA) is 56.4 Å². The molecule has 138 valence electrons. The number of anilines is 2. The van der Waals surface area contributed by atoms with Crippen LogP contribution in [0.1, 0.15) is 29.3 Å². The molecule has 1 aliphatic rings. The fraction of sp³-hybridized carbons (Fsp3) is 0.381. The van der Waals surface area contributed by atoms with Crippen molar-refractivity contribution < 1.29 is 4.79 Å². The van der Waals surface area contributed by atoms with Crippen LogP contribution in [0.4, 0.5) is 11.4 Å². The predicted molar refractivity (Wildman–Crippen MR) is 107 cm³/mol. The van der Waals surface area contributed by atoms with E-state index in [0.717, 1.165) is 50.5 Å². The van der Waals surface area contributed by atoms with Gasteiger partial charge in [0, 0.05) is 56.2 Å². The monoisotopic (exact) mass is 352 g/mol. The average molecular weight is 352 g/mol. The molecule has 26 heavy (non-hydrogen) atoms. The number of hydrogen-bond acceptors (Lipinski definition) is 4. The van der Waals surface area contributed by atoms with Gasteiger partial charge >= 0.3 is 0 Å². The molecule has 0 radical (unpaired) electrons. The molecule has 3 N–H and O–H groups in total. The molecule has 1 amide bonds. The first-order valence-electron chi connectivity index (χ1n) is 9.42. The maximum absolute atomic E-state index is 11.9. The van der Waals surface area contributed by atoms with Crippen molar-refractivity contribution >= 4 is 17.3 Å². The highest BCUT2D eigenvalue weighted by Gasteiger charge is 2.09. The molecule has 1 heterocycles. The second-order valence-corrected chi connectivity index (χ2v) is 6.68. The van der Waals surface area contributed by atoms with E-state index in [4.69, 9.17) is 0 Å². The molecule has 0 spiro atoms. The van der Waals surface area contributed by atoms with E-state index in [1.54, 1.807) is 0 Å². The van der Waals surface area contributed by atoms with Crippen LogP contribution in [-0.4, -0.2) is 43.5 Å². The molecule has 0 aromatic heterocycles. The third-order valence-electron chi connectivity index (χ3n) is 4.54. The summed E-state index contributed by atoms with van der Waals surface area (Å²) in [7, 11) is 0. The minimum absolute atomic E-state index is 0.0179. The van der Waals surface area contributed by atoms with Crippen molar-refractivity contribution in [3.8, 4) is 0 Å². The molecule has 1 fully saturated rings. The molecular weight excluding hydrogens is 324 g/mol. The number of nitrogens with zero attached hydrogens (tertiary/aromatic N) is 1. The zero-order valence-corrected chi connectivity index (χ0v) is 15.4. The number of carbonyl (C=O) groups is 1. The van der Waals surface area contributed by atoms with Gasteiger partial charge in [0.1, 0.15) is 0 Å². The second-order valence-electron chi connectivity index (χ2n) is 6.68. The number of benzene rings is 2. The molecule has 1 aliphatic heterocycles. The summed E-state index contributed by atoms with van der Waals surface area (Å²) in [5.41, 5.74) is 4.06. The molecule has 0 unspecified atom stereocenters. The maximum atomic E-state index is 11.9. The van der Waals surface area contributed by atoms with Crippen molar-refractivity contribution in [1.29, 1.82) is 0 Å². The van der Waals surface area contributed by atoms with Gasteiger partial charge in [0.15, 0.2) is 0 Å². The van der Waals surface area contributed by atoms with Crippen LogP contribution in [-0.2, 0) is 6.54 Å². The SMILES string of the molecule is CCCNC(=O)c1ccc(Nc2ccc(CN3CCNCC3)cc2)cc1. The van der Waals surface area contributed by atoms with Gasteiger partial charge in [-0.15, -0.1) is 0 Å².